The molecule has 6 heterocycles. The number of benzene rings is 1. The molecule has 3 atom stereocenters. The third-order valence-electron chi connectivity index (χ3n) is 7.03. The first kappa shape index (κ1) is 16.4. The number of rotatable bonds is 2. The zero-order valence-corrected chi connectivity index (χ0v) is 15.8. The zero-order chi connectivity index (χ0) is 18.8. The molecule has 7 nitrogen and oxygen atoms in total. The number of nitrogens with zero attached hydrogens (tertiary/aromatic N) is 3. The van der Waals surface area contributed by atoms with Gasteiger partial charge in [0.05, 0.1) is 6.04 Å². The van der Waals surface area contributed by atoms with Crippen LogP contribution in [0, 0.1) is 12.8 Å². The first-order chi connectivity index (χ1) is 13.7. The summed E-state index contributed by atoms with van der Waals surface area (Å²) >= 11 is 0. The highest BCUT2D eigenvalue weighted by Gasteiger charge is 2.55. The summed E-state index contributed by atoms with van der Waals surface area (Å²) < 4.78 is 16.4. The van der Waals surface area contributed by atoms with Crippen LogP contribution in [-0.4, -0.2) is 59.2 Å². The lowest BCUT2D eigenvalue weighted by atomic mass is 9.75. The molecule has 2 bridgehead atoms. The molecule has 0 radical (unpaired) electrons. The first-order valence-corrected chi connectivity index (χ1v) is 10.1. The van der Waals surface area contributed by atoms with Crippen molar-refractivity contribution < 1.29 is 18.7 Å². The Morgan fingerprint density at radius 2 is 1.96 bits per heavy atom. The Kier molecular flexibility index (Phi) is 3.50. The topological polar surface area (TPSA) is 68.0 Å². The van der Waals surface area contributed by atoms with Crippen molar-refractivity contribution in [3.63, 3.8) is 0 Å². The van der Waals surface area contributed by atoms with Gasteiger partial charge < -0.3 is 18.8 Å². The number of fused-ring (bicyclic) bond motifs is 3. The van der Waals surface area contributed by atoms with E-state index >= 15 is 0 Å². The fraction of sp³-hybridized carbons (Fsp3) is 0.524. The summed E-state index contributed by atoms with van der Waals surface area (Å²) in [7, 11) is 0. The van der Waals surface area contributed by atoms with Gasteiger partial charge in [-0.2, -0.15) is 0 Å². The molecule has 4 saturated heterocycles. The van der Waals surface area contributed by atoms with Crippen molar-refractivity contribution in [3.8, 4) is 11.5 Å². The number of likely N-dealkylation sites (tertiary alicyclic amines) is 1. The smallest absolute Gasteiger partial charge is 0.276 e. The van der Waals surface area contributed by atoms with Crippen molar-refractivity contribution in [2.24, 2.45) is 5.92 Å². The third kappa shape index (κ3) is 2.25. The lowest BCUT2D eigenvalue weighted by molar-refractivity contribution is -0.00362. The molecule has 0 aliphatic carbocycles. The molecule has 7 rings (SSSR count). The van der Waals surface area contributed by atoms with Crippen LogP contribution in [0.4, 0.5) is 0 Å². The van der Waals surface area contributed by atoms with Crippen LogP contribution in [0.25, 0.3) is 0 Å². The van der Waals surface area contributed by atoms with Crippen LogP contribution in [0.1, 0.15) is 40.6 Å². The Balaban J connectivity index is 1.39. The van der Waals surface area contributed by atoms with Crippen LogP contribution in [0.5, 0.6) is 11.5 Å². The van der Waals surface area contributed by atoms with Crippen molar-refractivity contribution in [3.05, 3.63) is 41.6 Å². The van der Waals surface area contributed by atoms with E-state index < -0.39 is 0 Å². The number of amides is 1. The predicted octanol–water partition coefficient (Wildman–Crippen LogP) is 2.41. The Bertz CT molecular complexity index is 933. The summed E-state index contributed by atoms with van der Waals surface area (Å²) in [6.45, 7) is 5.03. The minimum absolute atomic E-state index is 0.00163. The zero-order valence-electron chi connectivity index (χ0n) is 15.8. The summed E-state index contributed by atoms with van der Waals surface area (Å²) in [6, 6.07) is 6.82. The Hall–Kier alpha value is -2.54. The van der Waals surface area contributed by atoms with Gasteiger partial charge in [-0.3, -0.25) is 9.69 Å². The average molecular weight is 381 g/mol. The number of ether oxygens (including phenoxy) is 2. The van der Waals surface area contributed by atoms with Gasteiger partial charge in [0.2, 0.25) is 6.79 Å². The highest BCUT2D eigenvalue weighted by atomic mass is 16.7. The largest absolute Gasteiger partial charge is 0.454 e. The second kappa shape index (κ2) is 5.98. The van der Waals surface area contributed by atoms with Gasteiger partial charge in [0, 0.05) is 18.5 Å². The van der Waals surface area contributed by atoms with E-state index in [4.69, 9.17) is 13.9 Å². The molecular formula is C21H23N3O4. The molecule has 7 heteroatoms. The van der Waals surface area contributed by atoms with Crippen LogP contribution in [0.15, 0.2) is 29.0 Å². The Morgan fingerprint density at radius 3 is 2.75 bits per heavy atom. The lowest BCUT2D eigenvalue weighted by Gasteiger charge is -2.51. The van der Waals surface area contributed by atoms with Crippen molar-refractivity contribution in [2.75, 3.05) is 26.4 Å². The Morgan fingerprint density at radius 1 is 1.14 bits per heavy atom. The highest BCUT2D eigenvalue weighted by Crippen LogP contribution is 2.48. The maximum absolute atomic E-state index is 13.4. The summed E-state index contributed by atoms with van der Waals surface area (Å²) in [5, 5.41) is 0. The van der Waals surface area contributed by atoms with E-state index in [-0.39, 0.29) is 24.7 Å². The summed E-state index contributed by atoms with van der Waals surface area (Å²) in [5.74, 6) is 3.02. The summed E-state index contributed by atoms with van der Waals surface area (Å²) in [6.07, 6.45) is 3.69. The molecule has 0 saturated carbocycles. The minimum atomic E-state index is -0.00163. The Labute approximate surface area is 163 Å². The minimum Gasteiger partial charge on any atom is -0.454 e. The van der Waals surface area contributed by atoms with Gasteiger partial charge in [-0.25, -0.2) is 4.98 Å². The fourth-order valence-corrected chi connectivity index (χ4v) is 5.74. The van der Waals surface area contributed by atoms with Gasteiger partial charge in [0.25, 0.3) is 5.91 Å². The van der Waals surface area contributed by atoms with Crippen molar-refractivity contribution >= 4 is 5.91 Å². The highest BCUT2D eigenvalue weighted by molar-refractivity contribution is 5.93. The number of carbonyl (C=O) groups excluding carboxylic acids is 1. The van der Waals surface area contributed by atoms with Crippen molar-refractivity contribution in [1.82, 2.24) is 14.8 Å². The molecule has 1 aromatic heterocycles. The van der Waals surface area contributed by atoms with Crippen molar-refractivity contribution in [2.45, 2.75) is 37.8 Å². The maximum Gasteiger partial charge on any atom is 0.276 e. The van der Waals surface area contributed by atoms with E-state index in [0.717, 1.165) is 37.4 Å². The summed E-state index contributed by atoms with van der Waals surface area (Å²) in [4.78, 5) is 22.2. The van der Waals surface area contributed by atoms with Crippen LogP contribution >= 0.6 is 0 Å². The molecule has 5 aliphatic heterocycles. The molecule has 2 aromatic rings. The van der Waals surface area contributed by atoms with E-state index in [0.29, 0.717) is 30.0 Å². The van der Waals surface area contributed by atoms with E-state index in [1.54, 1.807) is 6.92 Å². The second-order valence-electron chi connectivity index (χ2n) is 8.29. The third-order valence-corrected chi connectivity index (χ3v) is 7.03. The molecule has 1 amide bonds. The maximum atomic E-state index is 13.4. The van der Waals surface area contributed by atoms with Crippen molar-refractivity contribution in [1.29, 1.82) is 0 Å². The van der Waals surface area contributed by atoms with Gasteiger partial charge in [0.1, 0.15) is 5.76 Å². The molecule has 0 spiro atoms. The average Bonchev–Trinajstić information content (AvgIpc) is 3.46. The lowest BCUT2D eigenvalue weighted by Crippen LogP contribution is -2.60. The van der Waals surface area contributed by atoms with Crippen LogP contribution in [0.2, 0.25) is 0 Å². The number of oxazole rings is 1. The quantitative estimate of drug-likeness (QED) is 0.796. The van der Waals surface area contributed by atoms with Crippen LogP contribution < -0.4 is 9.47 Å². The SMILES string of the molecule is Cc1ocnc1C(=O)N1C[C@@H](c2ccc3c(c2)OCO3)[C@@H]2[C@H]1C1CCN2CC1. The van der Waals surface area contributed by atoms with Crippen LogP contribution in [0.3, 0.4) is 0 Å². The monoisotopic (exact) mass is 381 g/mol. The van der Waals surface area contributed by atoms with Gasteiger partial charge in [-0.1, -0.05) is 6.07 Å². The number of piperidine rings is 3. The van der Waals surface area contributed by atoms with E-state index in [2.05, 4.69) is 26.9 Å². The molecule has 0 unspecified atom stereocenters. The van der Waals surface area contributed by atoms with Gasteiger partial charge in [-0.15, -0.1) is 0 Å². The molecule has 5 aliphatic rings. The summed E-state index contributed by atoms with van der Waals surface area (Å²) in [5.41, 5.74) is 1.67. The number of hydrogen-bond acceptors (Lipinski definition) is 6. The molecule has 0 N–H and O–H groups in total. The second-order valence-corrected chi connectivity index (χ2v) is 8.29. The van der Waals surface area contributed by atoms with Gasteiger partial charge >= 0.3 is 0 Å². The van der Waals surface area contributed by atoms with Gasteiger partial charge in [0.15, 0.2) is 23.6 Å². The van der Waals surface area contributed by atoms with E-state index in [1.165, 1.54) is 12.0 Å². The van der Waals surface area contributed by atoms with E-state index in [9.17, 15) is 4.79 Å². The number of aryl methyl sites for hydroxylation is 1. The van der Waals surface area contributed by atoms with E-state index in [1.807, 2.05) is 6.07 Å². The normalized spacial score (nSPS) is 32.6. The molecule has 1 aromatic carbocycles. The molecule has 4 fully saturated rings. The first-order valence-electron chi connectivity index (χ1n) is 10.1. The number of hydrogen-bond donors (Lipinski definition) is 0. The molecular weight excluding hydrogens is 358 g/mol. The standard InChI is InChI=1S/C21H23N3O4/c1-12-18(22-10-26-12)21(25)24-9-15(14-2-3-16-17(8-14)28-11-27-16)20-19(24)13-4-6-23(20)7-5-13/h2-3,8,10,13,15,19-20H,4-7,9,11H2,1H3/t15-,19+,20+/m0/s1. The fourth-order valence-electron chi connectivity index (χ4n) is 5.74. The van der Waals surface area contributed by atoms with Crippen LogP contribution in [-0.2, 0) is 0 Å². The number of aromatic nitrogens is 1. The molecule has 28 heavy (non-hydrogen) atoms. The number of carbonyl (C=O) groups is 1. The predicted molar refractivity (Wildman–Crippen MR) is 99.5 cm³/mol. The van der Waals surface area contributed by atoms with Gasteiger partial charge in [-0.05, 0) is 56.5 Å². The molecule has 146 valence electrons.